The zero-order valence-corrected chi connectivity index (χ0v) is 13.3. The van der Waals surface area contributed by atoms with E-state index in [2.05, 4.69) is 0 Å². The fraction of sp³-hybridized carbons (Fsp3) is 0.750. The molecule has 0 aliphatic heterocycles. The standard InChI is InChI=1S/C12H7F15O2/c1-2-4(5(28)29)3-6(13,14)7(15,16)8(17,18)9(19,20)10(21,22)11(23,24)12(25,26)27/h3H,2H2,1H3,(H,28,29)/p-1. The predicted octanol–water partition coefficient (Wildman–Crippen LogP) is 4.45. The van der Waals surface area contributed by atoms with E-state index < -0.39 is 65.8 Å². The number of hydrogen-bond donors (Lipinski definition) is 0. The topological polar surface area (TPSA) is 40.1 Å². The molecular weight excluding hydrogens is 461 g/mol. The summed E-state index contributed by atoms with van der Waals surface area (Å²) in [6.45, 7) is 0.626. The van der Waals surface area contributed by atoms with Gasteiger partial charge in [-0.2, -0.15) is 65.9 Å². The van der Waals surface area contributed by atoms with Crippen molar-refractivity contribution in [3.05, 3.63) is 11.6 Å². The van der Waals surface area contributed by atoms with Crippen LogP contribution >= 0.6 is 0 Å². The molecule has 0 atom stereocenters. The average molecular weight is 467 g/mol. The quantitative estimate of drug-likeness (QED) is 0.391. The van der Waals surface area contributed by atoms with E-state index in [1.807, 2.05) is 0 Å². The Morgan fingerprint density at radius 2 is 0.966 bits per heavy atom. The van der Waals surface area contributed by atoms with Gasteiger partial charge in [0.2, 0.25) is 0 Å². The molecule has 0 spiro atoms. The molecule has 0 saturated heterocycles. The van der Waals surface area contributed by atoms with Gasteiger partial charge in [-0.05, 0) is 18.1 Å². The van der Waals surface area contributed by atoms with E-state index in [4.69, 9.17) is 0 Å². The van der Waals surface area contributed by atoms with Gasteiger partial charge >= 0.3 is 41.7 Å². The highest BCUT2D eigenvalue weighted by molar-refractivity contribution is 5.84. The summed E-state index contributed by atoms with van der Waals surface area (Å²) < 4.78 is 193. The van der Waals surface area contributed by atoms with Gasteiger partial charge in [0.25, 0.3) is 0 Å². The van der Waals surface area contributed by atoms with Crippen LogP contribution in [0, 0.1) is 0 Å². The molecule has 2 nitrogen and oxygen atoms in total. The van der Waals surface area contributed by atoms with Crippen molar-refractivity contribution in [2.75, 3.05) is 0 Å². The summed E-state index contributed by atoms with van der Waals surface area (Å²) >= 11 is 0. The lowest BCUT2D eigenvalue weighted by molar-refractivity contribution is -0.449. The number of hydrogen-bond acceptors (Lipinski definition) is 2. The van der Waals surface area contributed by atoms with E-state index in [0.29, 0.717) is 6.92 Å². The Morgan fingerprint density at radius 3 is 1.24 bits per heavy atom. The van der Waals surface area contributed by atoms with Crippen molar-refractivity contribution in [1.29, 1.82) is 0 Å². The van der Waals surface area contributed by atoms with Crippen LogP contribution in [-0.2, 0) is 4.79 Å². The summed E-state index contributed by atoms with van der Waals surface area (Å²) in [5, 5.41) is 10.3. The zero-order chi connectivity index (χ0) is 24.1. The number of alkyl halides is 15. The highest BCUT2D eigenvalue weighted by atomic mass is 19.4. The first-order valence-corrected chi connectivity index (χ1v) is 6.63. The second-order valence-corrected chi connectivity index (χ2v) is 5.30. The van der Waals surface area contributed by atoms with Crippen molar-refractivity contribution < 1.29 is 75.8 Å². The molecule has 0 rings (SSSR count). The molecule has 0 unspecified atom stereocenters. The van der Waals surface area contributed by atoms with Gasteiger partial charge in [0.05, 0.1) is 5.97 Å². The molecule has 0 aromatic rings. The Bertz CT molecular complexity index is 659. The van der Waals surface area contributed by atoms with Crippen molar-refractivity contribution in [1.82, 2.24) is 0 Å². The first kappa shape index (κ1) is 27.2. The Morgan fingerprint density at radius 1 is 0.655 bits per heavy atom. The maximum absolute atomic E-state index is 13.4. The number of carboxylic acids is 1. The predicted molar refractivity (Wildman–Crippen MR) is 59.1 cm³/mol. The van der Waals surface area contributed by atoms with Crippen LogP contribution in [-0.4, -0.2) is 47.7 Å². The number of halogens is 15. The molecule has 172 valence electrons. The highest BCUT2D eigenvalue weighted by Crippen LogP contribution is 2.62. The van der Waals surface area contributed by atoms with Crippen molar-refractivity contribution in [2.45, 2.75) is 55.1 Å². The van der Waals surface area contributed by atoms with Gasteiger partial charge in [0, 0.05) is 0 Å². The fourth-order valence-electron chi connectivity index (χ4n) is 1.59. The maximum atomic E-state index is 13.4. The average Bonchev–Trinajstić information content (AvgIpc) is 2.50. The molecular formula is C12H6F15O2-. The van der Waals surface area contributed by atoms with E-state index in [1.54, 1.807) is 0 Å². The molecule has 0 aliphatic carbocycles. The molecule has 0 aliphatic rings. The van der Waals surface area contributed by atoms with E-state index in [0.717, 1.165) is 0 Å². The fourth-order valence-corrected chi connectivity index (χ4v) is 1.59. The third kappa shape index (κ3) is 3.83. The van der Waals surface area contributed by atoms with E-state index in [1.165, 1.54) is 0 Å². The monoisotopic (exact) mass is 467 g/mol. The Labute approximate surface area is 150 Å². The summed E-state index contributed by atoms with van der Waals surface area (Å²) in [6.07, 6.45) is -10.5. The first-order chi connectivity index (χ1) is 12.4. The molecule has 17 heteroatoms. The van der Waals surface area contributed by atoms with Crippen molar-refractivity contribution >= 4 is 5.97 Å². The van der Waals surface area contributed by atoms with E-state index >= 15 is 0 Å². The summed E-state index contributed by atoms with van der Waals surface area (Å²) in [7, 11) is 0. The molecule has 0 N–H and O–H groups in total. The Kier molecular flexibility index (Phi) is 6.69. The van der Waals surface area contributed by atoms with Crippen molar-refractivity contribution in [3.63, 3.8) is 0 Å². The van der Waals surface area contributed by atoms with Crippen molar-refractivity contribution in [3.8, 4) is 0 Å². The lowest BCUT2D eigenvalue weighted by Gasteiger charge is -2.41. The first-order valence-electron chi connectivity index (χ1n) is 6.63. The molecule has 0 heterocycles. The largest absolute Gasteiger partial charge is 0.545 e. The second-order valence-electron chi connectivity index (χ2n) is 5.30. The molecule has 0 bridgehead atoms. The smallest absolute Gasteiger partial charge is 0.460 e. The van der Waals surface area contributed by atoms with Crippen LogP contribution in [0.1, 0.15) is 13.3 Å². The normalized spacial score (nSPS) is 16.2. The van der Waals surface area contributed by atoms with E-state index in [-0.39, 0.29) is 0 Å². The van der Waals surface area contributed by atoms with Gasteiger partial charge in [-0.3, -0.25) is 0 Å². The SMILES string of the molecule is CCC(=CC(F)(F)C(F)(F)C(F)(F)C(F)(F)C(F)(F)C(F)(F)C(F)(F)F)C(=O)[O-]. The third-order valence-corrected chi connectivity index (χ3v) is 3.35. The summed E-state index contributed by atoms with van der Waals surface area (Å²) in [6, 6.07) is 0. The van der Waals surface area contributed by atoms with E-state index in [9.17, 15) is 75.8 Å². The van der Waals surface area contributed by atoms with Crippen LogP contribution in [0.5, 0.6) is 0 Å². The van der Waals surface area contributed by atoms with Crippen LogP contribution in [0.2, 0.25) is 0 Å². The van der Waals surface area contributed by atoms with Gasteiger partial charge in [-0.15, -0.1) is 0 Å². The van der Waals surface area contributed by atoms with Gasteiger partial charge in [0.1, 0.15) is 0 Å². The number of carboxylic acid groups (broad SMARTS) is 1. The van der Waals surface area contributed by atoms with Gasteiger partial charge in [-0.1, -0.05) is 6.92 Å². The number of allylic oxidation sites excluding steroid dienone is 1. The summed E-state index contributed by atoms with van der Waals surface area (Å²) in [4.78, 5) is 10.3. The summed E-state index contributed by atoms with van der Waals surface area (Å²) in [5.74, 6) is -50.3. The van der Waals surface area contributed by atoms with Gasteiger partial charge < -0.3 is 9.90 Å². The van der Waals surface area contributed by atoms with Crippen LogP contribution < -0.4 is 5.11 Å². The van der Waals surface area contributed by atoms with Crippen LogP contribution in [0.15, 0.2) is 11.6 Å². The number of rotatable bonds is 8. The molecule has 0 amide bonds. The van der Waals surface area contributed by atoms with Crippen LogP contribution in [0.4, 0.5) is 65.9 Å². The molecule has 0 fully saturated rings. The second kappa shape index (κ2) is 7.14. The molecule has 0 aromatic heterocycles. The minimum Gasteiger partial charge on any atom is -0.545 e. The summed E-state index contributed by atoms with van der Waals surface area (Å²) in [5.41, 5.74) is -1.93. The van der Waals surface area contributed by atoms with Gasteiger partial charge in [0.15, 0.2) is 0 Å². The Balaban J connectivity index is 6.68. The number of carbonyl (C=O) groups excluding carboxylic acids is 1. The van der Waals surface area contributed by atoms with Gasteiger partial charge in [-0.25, -0.2) is 0 Å². The number of carbonyl (C=O) groups is 1. The van der Waals surface area contributed by atoms with Crippen LogP contribution in [0.3, 0.4) is 0 Å². The lowest BCUT2D eigenvalue weighted by Crippen LogP contribution is -2.72. The maximum Gasteiger partial charge on any atom is 0.460 e. The zero-order valence-electron chi connectivity index (χ0n) is 13.3. The molecule has 0 radical (unpaired) electrons. The minimum atomic E-state index is -8.41. The van der Waals surface area contributed by atoms with Crippen LogP contribution in [0.25, 0.3) is 0 Å². The molecule has 0 aromatic carbocycles. The minimum absolute atomic E-state index is 0.626. The lowest BCUT2D eigenvalue weighted by atomic mass is 9.90. The third-order valence-electron chi connectivity index (χ3n) is 3.35. The molecule has 0 saturated carbocycles. The molecule has 29 heavy (non-hydrogen) atoms. The Hall–Kier alpha value is -1.84. The van der Waals surface area contributed by atoms with Crippen molar-refractivity contribution in [2.24, 2.45) is 0 Å². The number of aliphatic carboxylic acids is 1. The highest BCUT2D eigenvalue weighted by Gasteiger charge is 2.93.